The van der Waals surface area contributed by atoms with Crippen LogP contribution in [-0.2, 0) is 0 Å². The molecule has 1 nitrogen and oxygen atoms in total. The molecule has 2 aromatic rings. The average molecular weight is 292 g/mol. The van der Waals surface area contributed by atoms with E-state index in [1.807, 2.05) is 36.4 Å². The van der Waals surface area contributed by atoms with E-state index >= 15 is 0 Å². The van der Waals surface area contributed by atoms with Crippen molar-refractivity contribution < 1.29 is 4.39 Å². The highest BCUT2D eigenvalue weighted by Gasteiger charge is 2.13. The number of hydrogen-bond donors (Lipinski definition) is 1. The van der Waals surface area contributed by atoms with Gasteiger partial charge in [0.15, 0.2) is 0 Å². The van der Waals surface area contributed by atoms with Crippen LogP contribution in [0.2, 0.25) is 5.02 Å². The lowest BCUT2D eigenvalue weighted by Gasteiger charge is -2.23. The fraction of sp³-hybridized carbons (Fsp3) is 0.294. The lowest BCUT2D eigenvalue weighted by atomic mass is 10.0. The second-order valence-electron chi connectivity index (χ2n) is 4.95. The Kier molecular flexibility index (Phi) is 5.16. The van der Waals surface area contributed by atoms with Crippen LogP contribution in [0.5, 0.6) is 0 Å². The number of benzene rings is 2. The SMILES string of the molecule is CCC(NC(C)c1ccc(F)cc1)c1ccc(Cl)cc1. The first-order valence-electron chi connectivity index (χ1n) is 6.87. The van der Waals surface area contributed by atoms with Gasteiger partial charge in [-0.2, -0.15) is 0 Å². The van der Waals surface area contributed by atoms with E-state index in [4.69, 9.17) is 11.6 Å². The molecule has 2 unspecified atom stereocenters. The zero-order chi connectivity index (χ0) is 14.5. The molecule has 3 heteroatoms. The third-order valence-electron chi connectivity index (χ3n) is 3.50. The molecule has 2 aromatic carbocycles. The summed E-state index contributed by atoms with van der Waals surface area (Å²) in [6.07, 6.45) is 0.979. The van der Waals surface area contributed by atoms with Crippen LogP contribution in [0.3, 0.4) is 0 Å². The van der Waals surface area contributed by atoms with Gasteiger partial charge in [0.2, 0.25) is 0 Å². The van der Waals surface area contributed by atoms with Crippen LogP contribution in [-0.4, -0.2) is 0 Å². The summed E-state index contributed by atoms with van der Waals surface area (Å²) >= 11 is 5.92. The Hall–Kier alpha value is -1.38. The molecule has 2 atom stereocenters. The molecule has 0 aliphatic carbocycles. The van der Waals surface area contributed by atoms with E-state index in [2.05, 4.69) is 19.2 Å². The molecular formula is C17H19ClFN. The summed E-state index contributed by atoms with van der Waals surface area (Å²) in [4.78, 5) is 0. The van der Waals surface area contributed by atoms with Crippen molar-refractivity contribution in [1.82, 2.24) is 5.32 Å². The molecule has 0 fully saturated rings. The van der Waals surface area contributed by atoms with Gasteiger partial charge in [0.1, 0.15) is 5.82 Å². The standard InChI is InChI=1S/C17H19ClFN/c1-3-17(14-4-8-15(18)9-5-14)20-12(2)13-6-10-16(19)11-7-13/h4-12,17,20H,3H2,1-2H3. The minimum Gasteiger partial charge on any atom is -0.303 e. The first kappa shape index (κ1) is 15.0. The van der Waals surface area contributed by atoms with Gasteiger partial charge in [-0.15, -0.1) is 0 Å². The second kappa shape index (κ2) is 6.87. The Balaban J connectivity index is 2.09. The molecule has 0 amide bonds. The predicted molar refractivity (Wildman–Crippen MR) is 82.4 cm³/mol. The molecule has 1 N–H and O–H groups in total. The fourth-order valence-electron chi connectivity index (χ4n) is 2.29. The summed E-state index contributed by atoms with van der Waals surface area (Å²) in [7, 11) is 0. The van der Waals surface area contributed by atoms with Gasteiger partial charge >= 0.3 is 0 Å². The molecule has 0 aromatic heterocycles. The van der Waals surface area contributed by atoms with Gasteiger partial charge in [0.25, 0.3) is 0 Å². The number of rotatable bonds is 5. The van der Waals surface area contributed by atoms with E-state index in [-0.39, 0.29) is 17.9 Å². The summed E-state index contributed by atoms with van der Waals surface area (Å²) in [6, 6.07) is 15.0. The second-order valence-corrected chi connectivity index (χ2v) is 5.39. The quantitative estimate of drug-likeness (QED) is 0.790. The molecule has 2 rings (SSSR count). The first-order valence-corrected chi connectivity index (χ1v) is 7.25. The largest absolute Gasteiger partial charge is 0.303 e. The Morgan fingerprint density at radius 1 is 1.00 bits per heavy atom. The number of halogens is 2. The van der Waals surface area contributed by atoms with Gasteiger partial charge in [0.05, 0.1) is 0 Å². The smallest absolute Gasteiger partial charge is 0.123 e. The van der Waals surface area contributed by atoms with Crippen molar-refractivity contribution in [3.8, 4) is 0 Å². The normalized spacial score (nSPS) is 14.0. The van der Waals surface area contributed by atoms with E-state index < -0.39 is 0 Å². The van der Waals surface area contributed by atoms with E-state index in [9.17, 15) is 4.39 Å². The van der Waals surface area contributed by atoms with Gasteiger partial charge in [-0.25, -0.2) is 4.39 Å². The molecule has 0 bridgehead atoms. The molecule has 20 heavy (non-hydrogen) atoms. The monoisotopic (exact) mass is 291 g/mol. The van der Waals surface area contributed by atoms with Gasteiger partial charge < -0.3 is 5.32 Å². The van der Waals surface area contributed by atoms with Gasteiger partial charge in [0, 0.05) is 17.1 Å². The van der Waals surface area contributed by atoms with Gasteiger partial charge in [-0.05, 0) is 48.7 Å². The Morgan fingerprint density at radius 3 is 2.10 bits per heavy atom. The molecular weight excluding hydrogens is 273 g/mol. The van der Waals surface area contributed by atoms with Crippen molar-refractivity contribution in [2.24, 2.45) is 0 Å². The minimum atomic E-state index is -0.203. The summed E-state index contributed by atoms with van der Waals surface area (Å²) in [5, 5.41) is 4.32. The molecule has 0 radical (unpaired) electrons. The van der Waals surface area contributed by atoms with Crippen molar-refractivity contribution in [1.29, 1.82) is 0 Å². The summed E-state index contributed by atoms with van der Waals surface area (Å²) < 4.78 is 12.9. The highest BCUT2D eigenvalue weighted by Crippen LogP contribution is 2.23. The van der Waals surface area contributed by atoms with Crippen molar-refractivity contribution in [2.75, 3.05) is 0 Å². The maximum atomic E-state index is 12.9. The maximum absolute atomic E-state index is 12.9. The molecule has 0 heterocycles. The first-order chi connectivity index (χ1) is 9.60. The molecule has 0 saturated heterocycles. The van der Waals surface area contributed by atoms with Gasteiger partial charge in [-0.3, -0.25) is 0 Å². The van der Waals surface area contributed by atoms with E-state index in [0.717, 1.165) is 17.0 Å². The van der Waals surface area contributed by atoms with Crippen LogP contribution < -0.4 is 5.32 Å². The lowest BCUT2D eigenvalue weighted by Crippen LogP contribution is -2.24. The van der Waals surface area contributed by atoms with Crippen LogP contribution in [0, 0.1) is 5.82 Å². The zero-order valence-corrected chi connectivity index (χ0v) is 12.5. The molecule has 106 valence electrons. The third-order valence-corrected chi connectivity index (χ3v) is 3.75. The van der Waals surface area contributed by atoms with E-state index in [0.29, 0.717) is 0 Å². The fourth-order valence-corrected chi connectivity index (χ4v) is 2.42. The molecule has 0 saturated carbocycles. The van der Waals surface area contributed by atoms with Crippen LogP contribution in [0.25, 0.3) is 0 Å². The van der Waals surface area contributed by atoms with Crippen molar-refractivity contribution in [3.05, 3.63) is 70.5 Å². The molecule has 0 aliphatic rings. The van der Waals surface area contributed by atoms with Crippen molar-refractivity contribution in [3.63, 3.8) is 0 Å². The van der Waals surface area contributed by atoms with Gasteiger partial charge in [-0.1, -0.05) is 42.8 Å². The number of hydrogen-bond acceptors (Lipinski definition) is 1. The topological polar surface area (TPSA) is 12.0 Å². The Morgan fingerprint density at radius 2 is 1.55 bits per heavy atom. The van der Waals surface area contributed by atoms with Crippen LogP contribution in [0.4, 0.5) is 4.39 Å². The highest BCUT2D eigenvalue weighted by atomic mass is 35.5. The Bertz CT molecular complexity index is 536. The minimum absolute atomic E-state index is 0.163. The molecule has 0 aliphatic heterocycles. The lowest BCUT2D eigenvalue weighted by molar-refractivity contribution is 0.456. The van der Waals surface area contributed by atoms with Crippen LogP contribution >= 0.6 is 11.6 Å². The number of nitrogens with one attached hydrogen (secondary N) is 1. The predicted octanol–water partition coefficient (Wildman–Crippen LogP) is 5.28. The van der Waals surface area contributed by atoms with Crippen molar-refractivity contribution >= 4 is 11.6 Å². The van der Waals surface area contributed by atoms with E-state index in [1.165, 1.54) is 17.7 Å². The third kappa shape index (κ3) is 3.81. The average Bonchev–Trinajstić information content (AvgIpc) is 2.46. The van der Waals surface area contributed by atoms with Crippen LogP contribution in [0.1, 0.15) is 43.5 Å². The summed E-state index contributed by atoms with van der Waals surface area (Å²) in [5.74, 6) is -0.203. The Labute approximate surface area is 124 Å². The zero-order valence-electron chi connectivity index (χ0n) is 11.7. The van der Waals surface area contributed by atoms with Crippen molar-refractivity contribution in [2.45, 2.75) is 32.4 Å². The summed E-state index contributed by atoms with van der Waals surface area (Å²) in [5.41, 5.74) is 2.30. The van der Waals surface area contributed by atoms with Crippen LogP contribution in [0.15, 0.2) is 48.5 Å². The molecule has 0 spiro atoms. The summed E-state index contributed by atoms with van der Waals surface area (Å²) in [6.45, 7) is 4.23. The maximum Gasteiger partial charge on any atom is 0.123 e. The highest BCUT2D eigenvalue weighted by molar-refractivity contribution is 6.30. The van der Waals surface area contributed by atoms with E-state index in [1.54, 1.807) is 0 Å².